The number of halogens is 2. The first-order valence-electron chi connectivity index (χ1n) is 5.93. The Labute approximate surface area is 114 Å². The number of aliphatic carboxylic acids is 1. The molecule has 1 N–H and O–H groups in total. The molecule has 2 aromatic rings. The largest absolute Gasteiger partial charge is 0.481 e. The summed E-state index contributed by atoms with van der Waals surface area (Å²) in [6.45, 7) is 1.44. The molecule has 0 aliphatic carbocycles. The fraction of sp³-hybridized carbons (Fsp3) is 0.214. The van der Waals surface area contributed by atoms with E-state index in [9.17, 15) is 18.7 Å². The van der Waals surface area contributed by atoms with Gasteiger partial charge < -0.3 is 5.11 Å². The van der Waals surface area contributed by atoms with Gasteiger partial charge in [0.05, 0.1) is 11.4 Å². The van der Waals surface area contributed by atoms with Gasteiger partial charge in [-0.15, -0.1) is 0 Å². The molecular formula is C14H12F2N2O2. The van der Waals surface area contributed by atoms with Crippen molar-refractivity contribution in [3.63, 3.8) is 0 Å². The van der Waals surface area contributed by atoms with E-state index in [2.05, 4.69) is 9.97 Å². The number of carbonyl (C=O) groups is 1. The second-order valence-electron chi connectivity index (χ2n) is 4.38. The van der Waals surface area contributed by atoms with Gasteiger partial charge in [-0.2, -0.15) is 0 Å². The van der Waals surface area contributed by atoms with Gasteiger partial charge >= 0.3 is 5.97 Å². The van der Waals surface area contributed by atoms with Gasteiger partial charge in [-0.05, 0) is 31.0 Å². The first kappa shape index (κ1) is 14.0. The molecule has 1 aromatic heterocycles. The number of aromatic nitrogens is 2. The third-order valence-corrected chi connectivity index (χ3v) is 2.97. The molecule has 2 rings (SSSR count). The fourth-order valence-corrected chi connectivity index (χ4v) is 1.88. The lowest BCUT2D eigenvalue weighted by molar-refractivity contribution is -0.138. The van der Waals surface area contributed by atoms with Crippen LogP contribution in [0, 0.1) is 18.6 Å². The van der Waals surface area contributed by atoms with Crippen LogP contribution < -0.4 is 0 Å². The minimum atomic E-state index is -1.19. The third kappa shape index (κ3) is 2.96. The van der Waals surface area contributed by atoms with E-state index in [-0.39, 0.29) is 17.8 Å². The summed E-state index contributed by atoms with van der Waals surface area (Å²) in [4.78, 5) is 18.7. The average molecular weight is 278 g/mol. The molecular weight excluding hydrogens is 266 g/mol. The molecule has 1 aromatic carbocycles. The van der Waals surface area contributed by atoms with Crippen LogP contribution in [-0.2, 0) is 11.2 Å². The van der Waals surface area contributed by atoms with E-state index in [0.717, 1.165) is 6.33 Å². The second-order valence-corrected chi connectivity index (χ2v) is 4.38. The summed E-state index contributed by atoms with van der Waals surface area (Å²) in [6.07, 6.45) is 1.16. The van der Waals surface area contributed by atoms with Gasteiger partial charge in [0.25, 0.3) is 0 Å². The minimum absolute atomic E-state index is 0.0307. The van der Waals surface area contributed by atoms with Crippen molar-refractivity contribution in [2.75, 3.05) is 0 Å². The zero-order valence-corrected chi connectivity index (χ0v) is 10.7. The molecule has 0 saturated carbocycles. The van der Waals surface area contributed by atoms with Crippen molar-refractivity contribution >= 4 is 5.97 Å². The summed E-state index contributed by atoms with van der Waals surface area (Å²) in [5, 5.41) is 9.26. The Morgan fingerprint density at radius 3 is 2.50 bits per heavy atom. The summed E-state index contributed by atoms with van der Waals surface area (Å²) in [5.74, 6) is -3.46. The van der Waals surface area contributed by atoms with Crippen LogP contribution in [0.15, 0.2) is 30.6 Å². The van der Waals surface area contributed by atoms with Gasteiger partial charge in [0, 0.05) is 0 Å². The lowest BCUT2D eigenvalue weighted by Crippen LogP contribution is -2.18. The van der Waals surface area contributed by atoms with Crippen LogP contribution in [0.3, 0.4) is 0 Å². The van der Waals surface area contributed by atoms with Gasteiger partial charge in [0.2, 0.25) is 0 Å². The van der Waals surface area contributed by atoms with Crippen molar-refractivity contribution in [1.29, 1.82) is 0 Å². The number of benzene rings is 1. The van der Waals surface area contributed by atoms with E-state index in [4.69, 9.17) is 0 Å². The van der Waals surface area contributed by atoms with Gasteiger partial charge in [-0.1, -0.05) is 12.1 Å². The number of carboxylic acid groups (broad SMARTS) is 1. The Morgan fingerprint density at radius 1 is 1.25 bits per heavy atom. The number of carboxylic acids is 1. The maximum absolute atomic E-state index is 13.9. The maximum atomic E-state index is 13.9. The van der Waals surface area contributed by atoms with Gasteiger partial charge in [0.15, 0.2) is 5.82 Å². The highest BCUT2D eigenvalue weighted by atomic mass is 19.1. The van der Waals surface area contributed by atoms with Crippen molar-refractivity contribution in [1.82, 2.24) is 9.97 Å². The number of rotatable bonds is 4. The maximum Gasteiger partial charge on any atom is 0.313 e. The smallest absolute Gasteiger partial charge is 0.313 e. The highest BCUT2D eigenvalue weighted by molar-refractivity contribution is 5.76. The molecule has 1 heterocycles. The highest BCUT2D eigenvalue weighted by Crippen LogP contribution is 2.23. The van der Waals surface area contributed by atoms with Crippen LogP contribution in [0.5, 0.6) is 0 Å². The van der Waals surface area contributed by atoms with E-state index >= 15 is 0 Å². The fourth-order valence-electron chi connectivity index (χ4n) is 1.88. The first-order chi connectivity index (χ1) is 9.49. The Morgan fingerprint density at radius 2 is 1.90 bits per heavy atom. The number of aryl methyl sites for hydroxylation is 1. The number of nitrogens with zero attached hydrogens (tertiary/aromatic N) is 2. The van der Waals surface area contributed by atoms with Gasteiger partial charge in [0.1, 0.15) is 18.1 Å². The molecule has 0 amide bonds. The zero-order valence-electron chi connectivity index (χ0n) is 10.7. The monoisotopic (exact) mass is 278 g/mol. The van der Waals surface area contributed by atoms with Crippen molar-refractivity contribution in [3.8, 4) is 0 Å². The Balaban J connectivity index is 2.34. The summed E-state index contributed by atoms with van der Waals surface area (Å²) in [6, 6.07) is 5.40. The highest BCUT2D eigenvalue weighted by Gasteiger charge is 2.26. The summed E-state index contributed by atoms with van der Waals surface area (Å²) >= 11 is 0. The second kappa shape index (κ2) is 5.73. The topological polar surface area (TPSA) is 63.1 Å². The molecule has 104 valence electrons. The quantitative estimate of drug-likeness (QED) is 0.933. The molecule has 1 unspecified atom stereocenters. The van der Waals surface area contributed by atoms with E-state index in [1.54, 1.807) is 0 Å². The molecule has 1 atom stereocenters. The molecule has 0 fully saturated rings. The van der Waals surface area contributed by atoms with Crippen LogP contribution >= 0.6 is 0 Å². The van der Waals surface area contributed by atoms with E-state index in [0.29, 0.717) is 5.56 Å². The van der Waals surface area contributed by atoms with Crippen molar-refractivity contribution in [2.45, 2.75) is 19.3 Å². The molecule has 0 saturated heterocycles. The minimum Gasteiger partial charge on any atom is -0.481 e. The Kier molecular flexibility index (Phi) is 4.02. The molecule has 6 heteroatoms. The number of hydrogen-bond acceptors (Lipinski definition) is 3. The summed E-state index contributed by atoms with van der Waals surface area (Å²) < 4.78 is 26.8. The average Bonchev–Trinajstić information content (AvgIpc) is 2.41. The lowest BCUT2D eigenvalue weighted by atomic mass is 9.95. The number of hydrogen-bond donors (Lipinski definition) is 1. The van der Waals surface area contributed by atoms with Crippen molar-refractivity contribution in [2.24, 2.45) is 0 Å². The Bertz CT molecular complexity index is 630. The predicted molar refractivity (Wildman–Crippen MR) is 67.2 cm³/mol. The molecule has 0 bridgehead atoms. The van der Waals surface area contributed by atoms with Crippen LogP contribution in [0.25, 0.3) is 0 Å². The molecule has 0 aliphatic heterocycles. The van der Waals surface area contributed by atoms with Crippen LogP contribution in [0.1, 0.15) is 22.9 Å². The predicted octanol–water partition coefficient (Wildman–Crippen LogP) is 2.47. The molecule has 20 heavy (non-hydrogen) atoms. The van der Waals surface area contributed by atoms with Crippen molar-refractivity contribution in [3.05, 3.63) is 59.2 Å². The van der Waals surface area contributed by atoms with Gasteiger partial charge in [-0.25, -0.2) is 18.7 Å². The van der Waals surface area contributed by atoms with E-state index in [1.165, 1.54) is 31.2 Å². The molecule has 0 spiro atoms. The molecule has 0 aliphatic rings. The van der Waals surface area contributed by atoms with Gasteiger partial charge in [-0.3, -0.25) is 4.79 Å². The SMILES string of the molecule is Cc1ncnc(C(Cc2ccc(F)cc2)C(=O)O)c1F. The summed E-state index contributed by atoms with van der Waals surface area (Å²) in [5.41, 5.74) is 0.532. The first-order valence-corrected chi connectivity index (χ1v) is 5.93. The van der Waals surface area contributed by atoms with E-state index < -0.39 is 23.5 Å². The lowest BCUT2D eigenvalue weighted by Gasteiger charge is -2.13. The van der Waals surface area contributed by atoms with Crippen molar-refractivity contribution < 1.29 is 18.7 Å². The van der Waals surface area contributed by atoms with Crippen LogP contribution in [0.4, 0.5) is 8.78 Å². The zero-order chi connectivity index (χ0) is 14.7. The van der Waals surface area contributed by atoms with Crippen LogP contribution in [-0.4, -0.2) is 21.0 Å². The molecule has 4 nitrogen and oxygen atoms in total. The van der Waals surface area contributed by atoms with E-state index in [1.807, 2.05) is 0 Å². The van der Waals surface area contributed by atoms with Crippen LogP contribution in [0.2, 0.25) is 0 Å². The third-order valence-electron chi connectivity index (χ3n) is 2.97. The normalized spacial score (nSPS) is 12.2. The standard InChI is InChI=1S/C14H12F2N2O2/c1-8-12(16)13(18-7-17-8)11(14(19)20)6-9-2-4-10(15)5-3-9/h2-5,7,11H,6H2,1H3,(H,19,20). The summed E-state index contributed by atoms with van der Waals surface area (Å²) in [7, 11) is 0. The molecule has 0 radical (unpaired) electrons. The Hall–Kier alpha value is -2.37.